The van der Waals surface area contributed by atoms with Crippen LogP contribution in [-0.4, -0.2) is 78.9 Å². The molecule has 0 bridgehead atoms. The quantitative estimate of drug-likeness (QED) is 0.766. The smallest absolute Gasteiger partial charge is 0.317 e. The third-order valence-electron chi connectivity index (χ3n) is 4.70. The highest BCUT2D eigenvalue weighted by Crippen LogP contribution is 2.35. The molecule has 2 rings (SSSR count). The first-order valence-electron chi connectivity index (χ1n) is 7.46. The van der Waals surface area contributed by atoms with E-state index in [1.807, 2.05) is 14.1 Å². The van der Waals surface area contributed by atoms with Gasteiger partial charge in [-0.25, -0.2) is 4.79 Å². The van der Waals surface area contributed by atoms with Crippen LogP contribution in [0.2, 0.25) is 0 Å². The maximum absolute atomic E-state index is 12.3. The lowest BCUT2D eigenvalue weighted by Crippen LogP contribution is -2.60. The number of nitrogens with one attached hydrogen (secondary N) is 1. The number of carboxylic acid groups (broad SMARTS) is 1. The molecule has 0 radical (unpaired) electrons. The summed E-state index contributed by atoms with van der Waals surface area (Å²) in [6, 6.07) is -0.564. The molecule has 21 heavy (non-hydrogen) atoms. The summed E-state index contributed by atoms with van der Waals surface area (Å²) in [5, 5.41) is 11.9. The SMILES string of the molecule is CN(C)C1(CNC(=O)N2CCOCC2CC(=O)O)CCC1. The Morgan fingerprint density at radius 2 is 2.14 bits per heavy atom. The van der Waals surface area contributed by atoms with Gasteiger partial charge >= 0.3 is 12.0 Å². The molecule has 7 heteroatoms. The van der Waals surface area contributed by atoms with Crippen LogP contribution in [0.15, 0.2) is 0 Å². The first-order valence-corrected chi connectivity index (χ1v) is 7.46. The van der Waals surface area contributed by atoms with Gasteiger partial charge in [0.25, 0.3) is 0 Å². The first kappa shape index (κ1) is 16.0. The maximum atomic E-state index is 12.3. The van der Waals surface area contributed by atoms with E-state index in [1.54, 1.807) is 4.90 Å². The Morgan fingerprint density at radius 3 is 2.67 bits per heavy atom. The Balaban J connectivity index is 1.90. The number of carboxylic acids is 1. The third-order valence-corrected chi connectivity index (χ3v) is 4.70. The van der Waals surface area contributed by atoms with Gasteiger partial charge in [0.2, 0.25) is 0 Å². The van der Waals surface area contributed by atoms with Crippen LogP contribution in [0.3, 0.4) is 0 Å². The van der Waals surface area contributed by atoms with Crippen LogP contribution in [0.4, 0.5) is 4.79 Å². The van der Waals surface area contributed by atoms with Crippen molar-refractivity contribution in [3.05, 3.63) is 0 Å². The molecule has 0 aromatic heterocycles. The Labute approximate surface area is 125 Å². The summed E-state index contributed by atoms with van der Waals surface area (Å²) in [4.78, 5) is 27.0. The molecule has 2 aliphatic rings. The average Bonchev–Trinajstić information content (AvgIpc) is 2.36. The molecule has 7 nitrogen and oxygen atoms in total. The number of aliphatic carboxylic acids is 1. The molecule has 2 amide bonds. The zero-order valence-corrected chi connectivity index (χ0v) is 12.8. The minimum Gasteiger partial charge on any atom is -0.481 e. The van der Waals surface area contributed by atoms with Gasteiger partial charge < -0.3 is 25.0 Å². The number of hydrogen-bond acceptors (Lipinski definition) is 4. The number of urea groups is 1. The molecule has 1 aliphatic carbocycles. The fraction of sp³-hybridized carbons (Fsp3) is 0.857. The second kappa shape index (κ2) is 6.62. The topological polar surface area (TPSA) is 82.1 Å². The molecule has 1 heterocycles. The standard InChI is InChI=1S/C14H25N3O4/c1-16(2)14(4-3-5-14)10-15-13(20)17-6-7-21-9-11(17)8-12(18)19/h11H,3-10H2,1-2H3,(H,15,20)(H,18,19). The minimum atomic E-state index is -0.910. The van der Waals surface area contributed by atoms with E-state index in [-0.39, 0.29) is 24.0 Å². The third kappa shape index (κ3) is 3.65. The average molecular weight is 299 g/mol. The molecule has 1 saturated carbocycles. The first-order chi connectivity index (χ1) is 9.94. The normalized spacial score (nSPS) is 24.5. The van der Waals surface area contributed by atoms with Crippen molar-refractivity contribution >= 4 is 12.0 Å². The maximum Gasteiger partial charge on any atom is 0.317 e. The van der Waals surface area contributed by atoms with Crippen LogP contribution < -0.4 is 5.32 Å². The van der Waals surface area contributed by atoms with Crippen LogP contribution >= 0.6 is 0 Å². The van der Waals surface area contributed by atoms with Gasteiger partial charge in [0.15, 0.2) is 0 Å². The van der Waals surface area contributed by atoms with Gasteiger partial charge in [0.05, 0.1) is 25.7 Å². The van der Waals surface area contributed by atoms with Gasteiger partial charge in [-0.05, 0) is 33.4 Å². The summed E-state index contributed by atoms with van der Waals surface area (Å²) in [5.41, 5.74) is 0.0598. The fourth-order valence-electron chi connectivity index (χ4n) is 3.00. The molecule has 1 aliphatic heterocycles. The monoisotopic (exact) mass is 299 g/mol. The number of carbonyl (C=O) groups excluding carboxylic acids is 1. The number of carbonyl (C=O) groups is 2. The van der Waals surface area contributed by atoms with Gasteiger partial charge in [-0.15, -0.1) is 0 Å². The van der Waals surface area contributed by atoms with Crippen LogP contribution in [0, 0.1) is 0 Å². The van der Waals surface area contributed by atoms with Crippen molar-refractivity contribution in [1.82, 2.24) is 15.1 Å². The van der Waals surface area contributed by atoms with Crippen molar-refractivity contribution < 1.29 is 19.4 Å². The Bertz CT molecular complexity index is 396. The summed E-state index contributed by atoms with van der Waals surface area (Å²) in [7, 11) is 4.07. The van der Waals surface area contributed by atoms with Crippen molar-refractivity contribution in [1.29, 1.82) is 0 Å². The highest BCUT2D eigenvalue weighted by atomic mass is 16.5. The van der Waals surface area contributed by atoms with E-state index in [0.717, 1.165) is 12.8 Å². The highest BCUT2D eigenvalue weighted by molar-refractivity contribution is 5.76. The molecular formula is C14H25N3O4. The minimum absolute atomic E-state index is 0.0598. The van der Waals surface area contributed by atoms with E-state index in [9.17, 15) is 9.59 Å². The molecule has 1 unspecified atom stereocenters. The summed E-state index contributed by atoms with van der Waals surface area (Å²) in [6.07, 6.45) is 3.28. The number of ether oxygens (including phenoxy) is 1. The predicted octanol–water partition coefficient (Wildman–Crippen LogP) is 0.356. The summed E-state index contributed by atoms with van der Waals surface area (Å²) in [5.74, 6) is -0.910. The lowest BCUT2D eigenvalue weighted by molar-refractivity contribution is -0.139. The summed E-state index contributed by atoms with van der Waals surface area (Å²) < 4.78 is 5.29. The van der Waals surface area contributed by atoms with Crippen molar-refractivity contribution in [2.75, 3.05) is 40.4 Å². The Morgan fingerprint density at radius 1 is 1.43 bits per heavy atom. The van der Waals surface area contributed by atoms with E-state index in [0.29, 0.717) is 26.3 Å². The van der Waals surface area contributed by atoms with Crippen molar-refractivity contribution in [3.8, 4) is 0 Å². The molecule has 0 aromatic rings. The molecule has 1 atom stereocenters. The second-order valence-corrected chi connectivity index (χ2v) is 6.15. The predicted molar refractivity (Wildman–Crippen MR) is 77.2 cm³/mol. The summed E-state index contributed by atoms with van der Waals surface area (Å²) >= 11 is 0. The second-order valence-electron chi connectivity index (χ2n) is 6.15. The molecule has 1 saturated heterocycles. The van der Waals surface area contributed by atoms with Gasteiger partial charge in [-0.1, -0.05) is 0 Å². The van der Waals surface area contributed by atoms with Crippen molar-refractivity contribution in [2.45, 2.75) is 37.3 Å². The molecule has 2 N–H and O–H groups in total. The van der Waals surface area contributed by atoms with Crippen LogP contribution in [0.1, 0.15) is 25.7 Å². The number of morpholine rings is 1. The van der Waals surface area contributed by atoms with E-state index in [4.69, 9.17) is 9.84 Å². The van der Waals surface area contributed by atoms with Crippen molar-refractivity contribution in [3.63, 3.8) is 0 Å². The zero-order chi connectivity index (χ0) is 15.5. The lowest BCUT2D eigenvalue weighted by atomic mass is 9.75. The zero-order valence-electron chi connectivity index (χ0n) is 12.8. The van der Waals surface area contributed by atoms with Crippen molar-refractivity contribution in [2.24, 2.45) is 0 Å². The van der Waals surface area contributed by atoms with E-state index >= 15 is 0 Å². The Hall–Kier alpha value is -1.34. The largest absolute Gasteiger partial charge is 0.481 e. The molecule has 0 aromatic carbocycles. The van der Waals surface area contributed by atoms with Gasteiger partial charge in [-0.3, -0.25) is 4.79 Å². The van der Waals surface area contributed by atoms with Crippen LogP contribution in [0.5, 0.6) is 0 Å². The molecular weight excluding hydrogens is 274 g/mol. The Kier molecular flexibility index (Phi) is 5.05. The van der Waals surface area contributed by atoms with Gasteiger partial charge in [0, 0.05) is 18.6 Å². The van der Waals surface area contributed by atoms with Gasteiger partial charge in [-0.2, -0.15) is 0 Å². The molecule has 2 fully saturated rings. The highest BCUT2D eigenvalue weighted by Gasteiger charge is 2.40. The van der Waals surface area contributed by atoms with E-state index in [2.05, 4.69) is 10.2 Å². The van der Waals surface area contributed by atoms with E-state index < -0.39 is 5.97 Å². The number of hydrogen-bond donors (Lipinski definition) is 2. The lowest BCUT2D eigenvalue weighted by Gasteiger charge is -2.47. The van der Waals surface area contributed by atoms with Crippen LogP contribution in [-0.2, 0) is 9.53 Å². The number of rotatable bonds is 5. The van der Waals surface area contributed by atoms with Gasteiger partial charge in [0.1, 0.15) is 0 Å². The fourth-order valence-corrected chi connectivity index (χ4v) is 3.00. The molecule has 120 valence electrons. The number of nitrogens with zero attached hydrogens (tertiary/aromatic N) is 2. The number of amides is 2. The number of likely N-dealkylation sites (N-methyl/N-ethyl adjacent to an activating group) is 1. The summed E-state index contributed by atoms with van der Waals surface area (Å²) in [6.45, 7) is 1.80. The van der Waals surface area contributed by atoms with Crippen LogP contribution in [0.25, 0.3) is 0 Å². The van der Waals surface area contributed by atoms with E-state index in [1.165, 1.54) is 6.42 Å². The molecule has 0 spiro atoms.